The van der Waals surface area contributed by atoms with Crippen LogP contribution in [0.5, 0.6) is 0 Å². The summed E-state index contributed by atoms with van der Waals surface area (Å²) in [6, 6.07) is 2.41. The maximum Gasteiger partial charge on any atom is 0.326 e. The van der Waals surface area contributed by atoms with E-state index in [0.717, 1.165) is 0 Å². The molecule has 2 N–H and O–H groups in total. The van der Waals surface area contributed by atoms with Crippen LogP contribution in [0.15, 0.2) is 18.3 Å². The molecule has 0 radical (unpaired) electrons. The molecule has 1 amide bonds. The van der Waals surface area contributed by atoms with Crippen LogP contribution in [-0.2, 0) is 4.79 Å². The summed E-state index contributed by atoms with van der Waals surface area (Å²) < 4.78 is 0. The fourth-order valence-corrected chi connectivity index (χ4v) is 1.30. The zero-order valence-corrected chi connectivity index (χ0v) is 9.23. The summed E-state index contributed by atoms with van der Waals surface area (Å²) in [7, 11) is 0. The molecule has 0 aromatic carbocycles. The lowest BCUT2D eigenvalue weighted by Crippen LogP contribution is -2.40. The van der Waals surface area contributed by atoms with Crippen LogP contribution in [0.1, 0.15) is 29.4 Å². The minimum atomic E-state index is -1.03. The minimum absolute atomic E-state index is 0.348. The number of aromatic nitrogens is 1. The molecule has 0 saturated carbocycles. The molecule has 0 aliphatic heterocycles. The Morgan fingerprint density at radius 2 is 2.25 bits per heavy atom. The lowest BCUT2D eigenvalue weighted by molar-refractivity contribution is -0.139. The molecule has 0 aliphatic carbocycles. The molecule has 0 saturated heterocycles. The van der Waals surface area contributed by atoms with Crippen molar-refractivity contribution in [3.05, 3.63) is 29.6 Å². The highest BCUT2D eigenvalue weighted by atomic mass is 16.4. The van der Waals surface area contributed by atoms with Crippen molar-refractivity contribution < 1.29 is 14.7 Å². The summed E-state index contributed by atoms with van der Waals surface area (Å²) in [5.74, 6) is -1.43. The fraction of sp³-hybridized carbons (Fsp3) is 0.364. The maximum atomic E-state index is 11.7. The van der Waals surface area contributed by atoms with Gasteiger partial charge in [0, 0.05) is 11.9 Å². The normalized spacial score (nSPS) is 11.9. The average Bonchev–Trinajstić information content (AvgIpc) is 2.25. The molecule has 1 aromatic rings. The fourth-order valence-electron chi connectivity index (χ4n) is 1.30. The van der Waals surface area contributed by atoms with Gasteiger partial charge in [-0.15, -0.1) is 0 Å². The molecule has 1 unspecified atom stereocenters. The smallest absolute Gasteiger partial charge is 0.326 e. The van der Waals surface area contributed by atoms with Crippen molar-refractivity contribution in [1.29, 1.82) is 0 Å². The van der Waals surface area contributed by atoms with E-state index < -0.39 is 17.9 Å². The van der Waals surface area contributed by atoms with Crippen molar-refractivity contribution in [2.24, 2.45) is 0 Å². The van der Waals surface area contributed by atoms with Crippen LogP contribution < -0.4 is 5.32 Å². The molecule has 0 aliphatic rings. The highest BCUT2D eigenvalue weighted by Crippen LogP contribution is 2.04. The van der Waals surface area contributed by atoms with Crippen LogP contribution >= 0.6 is 0 Å². The van der Waals surface area contributed by atoms with Crippen LogP contribution in [0.25, 0.3) is 0 Å². The number of nitrogens with one attached hydrogen (secondary N) is 1. The molecule has 86 valence electrons. The number of carbonyl (C=O) groups excluding carboxylic acids is 1. The molecule has 0 spiro atoms. The standard InChI is InChI=1S/C11H14N2O3/c1-3-9(11(15)16)13-10(14)8-5-4-6-12-7(8)2/h4-6,9H,3H2,1-2H3,(H,13,14)(H,15,16). The molecule has 16 heavy (non-hydrogen) atoms. The molecular formula is C11H14N2O3. The van der Waals surface area contributed by atoms with Crippen LogP contribution in [0, 0.1) is 6.92 Å². The molecule has 1 rings (SSSR count). The number of aliphatic carboxylic acids is 1. The Labute approximate surface area is 93.5 Å². The Morgan fingerprint density at radius 3 is 2.75 bits per heavy atom. The van der Waals surface area contributed by atoms with Crippen LogP contribution in [0.2, 0.25) is 0 Å². The molecule has 1 heterocycles. The summed E-state index contributed by atoms with van der Waals surface area (Å²) in [6.07, 6.45) is 1.93. The second-order valence-corrected chi connectivity index (χ2v) is 3.41. The first-order valence-corrected chi connectivity index (χ1v) is 5.01. The number of aryl methyl sites for hydroxylation is 1. The van der Waals surface area contributed by atoms with E-state index in [1.807, 2.05) is 0 Å². The molecule has 0 fully saturated rings. The van der Waals surface area contributed by atoms with Gasteiger partial charge in [-0.05, 0) is 25.5 Å². The van der Waals surface area contributed by atoms with E-state index >= 15 is 0 Å². The maximum absolute atomic E-state index is 11.7. The number of rotatable bonds is 4. The van der Waals surface area contributed by atoms with Gasteiger partial charge in [-0.25, -0.2) is 4.79 Å². The van der Waals surface area contributed by atoms with E-state index in [4.69, 9.17) is 5.11 Å². The summed E-state index contributed by atoms with van der Waals surface area (Å²) in [5, 5.41) is 11.3. The van der Waals surface area contributed by atoms with E-state index in [2.05, 4.69) is 10.3 Å². The molecule has 0 bridgehead atoms. The topological polar surface area (TPSA) is 79.3 Å². The third kappa shape index (κ3) is 2.79. The zero-order chi connectivity index (χ0) is 12.1. The Balaban J connectivity index is 2.80. The molecular weight excluding hydrogens is 208 g/mol. The van der Waals surface area contributed by atoms with Crippen molar-refractivity contribution in [3.8, 4) is 0 Å². The third-order valence-electron chi connectivity index (χ3n) is 2.26. The number of carbonyl (C=O) groups is 2. The van der Waals surface area contributed by atoms with Crippen LogP contribution in [0.4, 0.5) is 0 Å². The van der Waals surface area contributed by atoms with E-state index in [0.29, 0.717) is 17.7 Å². The van der Waals surface area contributed by atoms with Gasteiger partial charge in [0.05, 0.1) is 5.56 Å². The van der Waals surface area contributed by atoms with E-state index in [9.17, 15) is 9.59 Å². The zero-order valence-electron chi connectivity index (χ0n) is 9.23. The van der Waals surface area contributed by atoms with E-state index in [1.165, 1.54) is 0 Å². The average molecular weight is 222 g/mol. The lowest BCUT2D eigenvalue weighted by atomic mass is 10.1. The molecule has 1 aromatic heterocycles. The van der Waals surface area contributed by atoms with Gasteiger partial charge in [-0.3, -0.25) is 9.78 Å². The second-order valence-electron chi connectivity index (χ2n) is 3.41. The number of hydrogen-bond donors (Lipinski definition) is 2. The van der Waals surface area contributed by atoms with Crippen LogP contribution in [-0.4, -0.2) is 28.0 Å². The quantitative estimate of drug-likeness (QED) is 0.796. The van der Waals surface area contributed by atoms with Gasteiger partial charge in [-0.1, -0.05) is 6.92 Å². The predicted octanol–water partition coefficient (Wildman–Crippen LogP) is 0.983. The predicted molar refractivity (Wildman–Crippen MR) is 58.2 cm³/mol. The summed E-state index contributed by atoms with van der Waals surface area (Å²) >= 11 is 0. The minimum Gasteiger partial charge on any atom is -0.480 e. The Hall–Kier alpha value is -1.91. The van der Waals surface area contributed by atoms with Crippen molar-refractivity contribution in [1.82, 2.24) is 10.3 Å². The van der Waals surface area contributed by atoms with Gasteiger partial charge in [0.15, 0.2) is 0 Å². The van der Waals surface area contributed by atoms with Gasteiger partial charge in [-0.2, -0.15) is 0 Å². The Kier molecular flexibility index (Phi) is 3.99. The first kappa shape index (κ1) is 12.2. The number of nitrogens with zero attached hydrogens (tertiary/aromatic N) is 1. The SMILES string of the molecule is CCC(NC(=O)c1cccnc1C)C(=O)O. The number of carboxylic acid groups (broad SMARTS) is 1. The second kappa shape index (κ2) is 5.25. The number of carboxylic acids is 1. The molecule has 5 nitrogen and oxygen atoms in total. The van der Waals surface area contributed by atoms with Crippen molar-refractivity contribution in [3.63, 3.8) is 0 Å². The molecule has 1 atom stereocenters. The van der Waals surface area contributed by atoms with Crippen molar-refractivity contribution >= 4 is 11.9 Å². The molecule has 5 heteroatoms. The first-order chi connectivity index (χ1) is 7.56. The largest absolute Gasteiger partial charge is 0.480 e. The van der Waals surface area contributed by atoms with Crippen molar-refractivity contribution in [2.45, 2.75) is 26.3 Å². The van der Waals surface area contributed by atoms with Gasteiger partial charge in [0.25, 0.3) is 5.91 Å². The number of hydrogen-bond acceptors (Lipinski definition) is 3. The highest BCUT2D eigenvalue weighted by Gasteiger charge is 2.19. The Morgan fingerprint density at radius 1 is 1.56 bits per heavy atom. The summed E-state index contributed by atoms with van der Waals surface area (Å²) in [6.45, 7) is 3.41. The van der Waals surface area contributed by atoms with E-state index in [-0.39, 0.29) is 0 Å². The lowest BCUT2D eigenvalue weighted by Gasteiger charge is -2.12. The number of pyridine rings is 1. The Bertz CT molecular complexity index is 404. The van der Waals surface area contributed by atoms with E-state index in [1.54, 1.807) is 32.2 Å². The van der Waals surface area contributed by atoms with Gasteiger partial charge >= 0.3 is 5.97 Å². The van der Waals surface area contributed by atoms with Gasteiger partial charge in [0.2, 0.25) is 0 Å². The summed E-state index contributed by atoms with van der Waals surface area (Å²) in [5.41, 5.74) is 0.988. The number of amides is 1. The third-order valence-corrected chi connectivity index (χ3v) is 2.26. The van der Waals surface area contributed by atoms with Gasteiger partial charge in [0.1, 0.15) is 6.04 Å². The highest BCUT2D eigenvalue weighted by molar-refractivity contribution is 5.97. The summed E-state index contributed by atoms with van der Waals surface area (Å²) in [4.78, 5) is 26.4. The van der Waals surface area contributed by atoms with Crippen LogP contribution in [0.3, 0.4) is 0 Å². The first-order valence-electron chi connectivity index (χ1n) is 5.01. The van der Waals surface area contributed by atoms with Crippen molar-refractivity contribution in [2.75, 3.05) is 0 Å². The van der Waals surface area contributed by atoms with Gasteiger partial charge < -0.3 is 10.4 Å². The monoisotopic (exact) mass is 222 g/mol.